The van der Waals surface area contributed by atoms with Gasteiger partial charge in [-0.1, -0.05) is 60.1 Å². The number of anilines is 3. The highest BCUT2D eigenvalue weighted by Crippen LogP contribution is 2.38. The number of rotatable bonds is 5. The molecule has 2 heterocycles. The molecule has 1 aliphatic heterocycles. The van der Waals surface area contributed by atoms with Crippen molar-refractivity contribution in [2.75, 3.05) is 16.0 Å². The summed E-state index contributed by atoms with van der Waals surface area (Å²) in [5, 5.41) is 14.1. The predicted octanol–water partition coefficient (Wildman–Crippen LogP) is 5.72. The van der Waals surface area contributed by atoms with Crippen molar-refractivity contribution in [3.63, 3.8) is 0 Å². The summed E-state index contributed by atoms with van der Waals surface area (Å²) in [4.78, 5) is 26.6. The van der Waals surface area contributed by atoms with Crippen LogP contribution in [0.25, 0.3) is 0 Å². The van der Waals surface area contributed by atoms with Crippen molar-refractivity contribution in [2.45, 2.75) is 13.0 Å². The molecule has 2 amide bonds. The highest BCUT2D eigenvalue weighted by molar-refractivity contribution is 6.30. The van der Waals surface area contributed by atoms with Gasteiger partial charge in [-0.2, -0.15) is 5.10 Å². The number of hydrogen-bond acceptors (Lipinski definition) is 4. The van der Waals surface area contributed by atoms with Gasteiger partial charge >= 0.3 is 0 Å². The third-order valence-electron chi connectivity index (χ3n) is 5.74. The molecule has 0 aliphatic carbocycles. The molecule has 174 valence electrons. The molecule has 1 aromatic heterocycles. The Labute approximate surface area is 207 Å². The second kappa shape index (κ2) is 9.48. The van der Waals surface area contributed by atoms with Gasteiger partial charge in [0.1, 0.15) is 17.4 Å². The van der Waals surface area contributed by atoms with Gasteiger partial charge < -0.3 is 16.0 Å². The van der Waals surface area contributed by atoms with Gasteiger partial charge in [-0.25, -0.2) is 4.68 Å². The van der Waals surface area contributed by atoms with Crippen LogP contribution in [0.1, 0.15) is 28.9 Å². The Hall–Kier alpha value is -4.36. The van der Waals surface area contributed by atoms with E-state index >= 15 is 0 Å². The largest absolute Gasteiger partial charge is 0.343 e. The topological polar surface area (TPSA) is 88.0 Å². The molecule has 0 spiro atoms. The van der Waals surface area contributed by atoms with E-state index < -0.39 is 6.04 Å². The van der Waals surface area contributed by atoms with Gasteiger partial charge in [0.25, 0.3) is 11.8 Å². The molecule has 1 unspecified atom stereocenters. The maximum absolute atomic E-state index is 13.5. The Morgan fingerprint density at radius 1 is 0.886 bits per heavy atom. The first kappa shape index (κ1) is 22.4. The summed E-state index contributed by atoms with van der Waals surface area (Å²) in [5.74, 6) is -0.0837. The summed E-state index contributed by atoms with van der Waals surface area (Å²) in [5.41, 5.74) is 3.58. The molecular weight excluding hydrogens is 462 g/mol. The van der Waals surface area contributed by atoms with Crippen molar-refractivity contribution in [3.8, 4) is 0 Å². The number of hydrogen-bond donors (Lipinski definition) is 3. The van der Waals surface area contributed by atoms with Crippen molar-refractivity contribution in [2.24, 2.45) is 0 Å². The first-order valence-electron chi connectivity index (χ1n) is 11.0. The van der Waals surface area contributed by atoms with Crippen LogP contribution in [0, 0.1) is 0 Å². The number of carbonyl (C=O) groups is 2. The number of para-hydroxylation sites is 2. The minimum Gasteiger partial charge on any atom is -0.343 e. The van der Waals surface area contributed by atoms with Crippen LogP contribution in [0.4, 0.5) is 17.2 Å². The lowest BCUT2D eigenvalue weighted by Crippen LogP contribution is -2.32. The van der Waals surface area contributed by atoms with Crippen LogP contribution in [-0.4, -0.2) is 21.6 Å². The number of allylic oxidation sites excluding steroid dienone is 1. The molecule has 1 atom stereocenters. The fourth-order valence-electron chi connectivity index (χ4n) is 4.14. The smallest absolute Gasteiger partial charge is 0.261 e. The van der Waals surface area contributed by atoms with E-state index in [-0.39, 0.29) is 11.8 Å². The maximum Gasteiger partial charge on any atom is 0.261 e. The molecule has 0 bridgehead atoms. The van der Waals surface area contributed by atoms with Crippen LogP contribution < -0.4 is 16.0 Å². The molecule has 35 heavy (non-hydrogen) atoms. The Bertz CT molecular complexity index is 1430. The first-order valence-corrected chi connectivity index (χ1v) is 11.4. The third kappa shape index (κ3) is 4.54. The molecule has 3 aromatic carbocycles. The second-order valence-corrected chi connectivity index (χ2v) is 8.55. The number of amides is 2. The molecule has 5 rings (SSSR count). The quantitative estimate of drug-likeness (QED) is 0.339. The number of fused-ring (bicyclic) bond motifs is 1. The number of nitrogens with zero attached hydrogens (tertiary/aromatic N) is 2. The summed E-state index contributed by atoms with van der Waals surface area (Å²) >= 11 is 6.30. The fraction of sp³-hybridized carbons (Fsp3) is 0.0741. The lowest BCUT2D eigenvalue weighted by atomic mass is 9.94. The molecule has 4 aromatic rings. The van der Waals surface area contributed by atoms with E-state index in [0.29, 0.717) is 39.0 Å². The van der Waals surface area contributed by atoms with E-state index in [0.717, 1.165) is 5.56 Å². The van der Waals surface area contributed by atoms with Crippen LogP contribution >= 0.6 is 11.6 Å². The van der Waals surface area contributed by atoms with Gasteiger partial charge in [0.2, 0.25) is 0 Å². The molecule has 3 N–H and O–H groups in total. The zero-order valence-corrected chi connectivity index (χ0v) is 19.6. The highest BCUT2D eigenvalue weighted by atomic mass is 35.5. The summed E-state index contributed by atoms with van der Waals surface area (Å²) < 4.78 is 1.65. The van der Waals surface area contributed by atoms with Crippen molar-refractivity contribution >= 4 is 40.6 Å². The Morgan fingerprint density at radius 3 is 2.14 bits per heavy atom. The molecule has 0 saturated carbocycles. The van der Waals surface area contributed by atoms with Crippen LogP contribution in [0.2, 0.25) is 5.02 Å². The van der Waals surface area contributed by atoms with Gasteiger partial charge in [0.05, 0.1) is 11.8 Å². The summed E-state index contributed by atoms with van der Waals surface area (Å²) in [6.07, 6.45) is 1.50. The number of nitrogens with one attached hydrogen (secondary N) is 3. The minimum absolute atomic E-state index is 0.275. The maximum atomic E-state index is 13.5. The van der Waals surface area contributed by atoms with E-state index in [1.54, 1.807) is 16.8 Å². The predicted molar refractivity (Wildman–Crippen MR) is 138 cm³/mol. The second-order valence-electron chi connectivity index (χ2n) is 8.11. The van der Waals surface area contributed by atoms with Crippen LogP contribution in [0.5, 0.6) is 0 Å². The van der Waals surface area contributed by atoms with E-state index in [9.17, 15) is 9.59 Å². The number of halogens is 1. The summed E-state index contributed by atoms with van der Waals surface area (Å²) in [7, 11) is 0. The third-order valence-corrected chi connectivity index (χ3v) is 5.98. The monoisotopic (exact) mass is 483 g/mol. The Balaban J connectivity index is 1.55. The lowest BCUT2D eigenvalue weighted by Gasteiger charge is -2.30. The van der Waals surface area contributed by atoms with Gasteiger partial charge in [-0.3, -0.25) is 9.59 Å². The SMILES string of the molecule is CC1=C(C(=O)Nc2ccccc2)C(c2cccc(Cl)c2)n2ncc(C(=O)Nc3ccccc3)c2N1. The first-order chi connectivity index (χ1) is 17.0. The summed E-state index contributed by atoms with van der Waals surface area (Å²) in [6, 6.07) is 25.1. The molecule has 1 aliphatic rings. The van der Waals surface area contributed by atoms with Crippen molar-refractivity contribution in [1.82, 2.24) is 9.78 Å². The number of carbonyl (C=O) groups excluding carboxylic acids is 2. The zero-order valence-electron chi connectivity index (χ0n) is 18.8. The molecular formula is C27H22ClN5O2. The van der Waals surface area contributed by atoms with Crippen molar-refractivity contribution in [1.29, 1.82) is 0 Å². The Morgan fingerprint density at radius 2 is 1.51 bits per heavy atom. The molecule has 8 heteroatoms. The molecule has 0 radical (unpaired) electrons. The molecule has 7 nitrogen and oxygen atoms in total. The summed E-state index contributed by atoms with van der Waals surface area (Å²) in [6.45, 7) is 1.81. The van der Waals surface area contributed by atoms with Gasteiger partial charge in [0.15, 0.2) is 0 Å². The number of aromatic nitrogens is 2. The normalized spacial score (nSPS) is 14.6. The van der Waals surface area contributed by atoms with Gasteiger partial charge in [-0.05, 0) is 48.9 Å². The van der Waals surface area contributed by atoms with E-state index in [2.05, 4.69) is 21.0 Å². The minimum atomic E-state index is -0.591. The average molecular weight is 484 g/mol. The van der Waals surface area contributed by atoms with Crippen LogP contribution in [0.3, 0.4) is 0 Å². The van der Waals surface area contributed by atoms with Crippen LogP contribution in [0.15, 0.2) is 102 Å². The van der Waals surface area contributed by atoms with E-state index in [4.69, 9.17) is 11.6 Å². The van der Waals surface area contributed by atoms with Gasteiger partial charge in [0, 0.05) is 22.1 Å². The molecule has 0 saturated heterocycles. The van der Waals surface area contributed by atoms with Gasteiger partial charge in [-0.15, -0.1) is 0 Å². The van der Waals surface area contributed by atoms with E-state index in [1.165, 1.54) is 6.20 Å². The lowest BCUT2D eigenvalue weighted by molar-refractivity contribution is -0.113. The van der Waals surface area contributed by atoms with E-state index in [1.807, 2.05) is 79.7 Å². The fourth-order valence-corrected chi connectivity index (χ4v) is 4.34. The number of benzene rings is 3. The average Bonchev–Trinajstić information content (AvgIpc) is 3.28. The zero-order chi connectivity index (χ0) is 24.4. The molecule has 0 fully saturated rings. The Kier molecular flexibility index (Phi) is 6.08. The van der Waals surface area contributed by atoms with Crippen molar-refractivity contribution < 1.29 is 9.59 Å². The van der Waals surface area contributed by atoms with Crippen molar-refractivity contribution in [3.05, 3.63) is 119 Å². The van der Waals surface area contributed by atoms with Crippen LogP contribution in [-0.2, 0) is 4.79 Å². The highest BCUT2D eigenvalue weighted by Gasteiger charge is 2.35. The standard InChI is InChI=1S/C27H22ClN5O2/c1-17-23(27(35)32-21-13-6-3-7-14-21)24(18-9-8-10-19(28)15-18)33-25(30-17)22(16-29-33)26(34)31-20-11-4-2-5-12-20/h2-16,24,30H,1H3,(H,31,34)(H,32,35).